The largest absolute Gasteiger partial charge is 0.310 e. The van der Waals surface area contributed by atoms with Crippen molar-refractivity contribution < 1.29 is 0 Å². The smallest absolute Gasteiger partial charge is 0.0292 e. The molecule has 0 aliphatic carbocycles. The molecule has 1 heterocycles. The third-order valence-corrected chi connectivity index (χ3v) is 3.88. The number of thiophene rings is 1. The van der Waals surface area contributed by atoms with Crippen LogP contribution in [-0.4, -0.2) is 6.54 Å². The first-order valence-corrected chi connectivity index (χ1v) is 6.96. The second-order valence-electron chi connectivity index (χ2n) is 4.42. The number of aryl methyl sites for hydroxylation is 1. The molecule has 0 saturated carbocycles. The average molecular weight is 245 g/mol. The normalized spacial score (nSPS) is 12.6. The molecule has 0 aliphatic rings. The van der Waals surface area contributed by atoms with E-state index in [0.717, 1.165) is 13.0 Å². The number of nitrogens with one attached hydrogen (secondary N) is 1. The maximum atomic E-state index is 3.57. The van der Waals surface area contributed by atoms with E-state index in [2.05, 4.69) is 60.9 Å². The molecular weight excluding hydrogens is 226 g/mol. The van der Waals surface area contributed by atoms with Gasteiger partial charge in [-0.2, -0.15) is 0 Å². The van der Waals surface area contributed by atoms with Crippen molar-refractivity contribution in [2.45, 2.75) is 26.3 Å². The zero-order valence-electron chi connectivity index (χ0n) is 10.4. The summed E-state index contributed by atoms with van der Waals surface area (Å²) < 4.78 is 0. The summed E-state index contributed by atoms with van der Waals surface area (Å²) in [6.07, 6.45) is 1.12. The molecular formula is C15H19NS. The maximum Gasteiger partial charge on any atom is 0.0292 e. The topological polar surface area (TPSA) is 12.0 Å². The molecule has 1 nitrogen and oxygen atoms in total. The van der Waals surface area contributed by atoms with Crippen molar-refractivity contribution in [2.24, 2.45) is 0 Å². The van der Waals surface area contributed by atoms with Crippen molar-refractivity contribution in [3.8, 4) is 0 Å². The van der Waals surface area contributed by atoms with Crippen LogP contribution in [0.2, 0.25) is 0 Å². The van der Waals surface area contributed by atoms with Crippen LogP contribution in [0.4, 0.5) is 0 Å². The van der Waals surface area contributed by atoms with E-state index in [-0.39, 0.29) is 0 Å². The zero-order chi connectivity index (χ0) is 12.1. The molecule has 1 N–H and O–H groups in total. The quantitative estimate of drug-likeness (QED) is 0.841. The molecule has 0 aliphatic heterocycles. The predicted octanol–water partition coefficient (Wildman–Crippen LogP) is 3.95. The van der Waals surface area contributed by atoms with Gasteiger partial charge in [-0.3, -0.25) is 0 Å². The number of hydrogen-bond donors (Lipinski definition) is 1. The van der Waals surface area contributed by atoms with Gasteiger partial charge >= 0.3 is 0 Å². The number of hydrogen-bond acceptors (Lipinski definition) is 2. The summed E-state index contributed by atoms with van der Waals surface area (Å²) in [5.41, 5.74) is 2.70. The minimum atomic E-state index is 0.426. The molecule has 0 unspecified atom stereocenters. The average Bonchev–Trinajstić information content (AvgIpc) is 2.82. The Kier molecular flexibility index (Phi) is 4.35. The summed E-state index contributed by atoms with van der Waals surface area (Å²) in [7, 11) is 0. The Morgan fingerprint density at radius 3 is 2.82 bits per heavy atom. The van der Waals surface area contributed by atoms with E-state index in [9.17, 15) is 0 Å². The molecule has 90 valence electrons. The van der Waals surface area contributed by atoms with Crippen LogP contribution in [-0.2, 0) is 6.42 Å². The standard InChI is InChI=1S/C15H19NS/c1-12-5-3-6-14(11-12)13(2)16-9-8-15-7-4-10-17-15/h3-7,10-11,13,16H,8-9H2,1-2H3/t13-/m0/s1. The Balaban J connectivity index is 1.83. The third kappa shape index (κ3) is 3.69. The lowest BCUT2D eigenvalue weighted by Crippen LogP contribution is -2.21. The summed E-state index contributed by atoms with van der Waals surface area (Å²) >= 11 is 1.83. The first-order valence-electron chi connectivity index (χ1n) is 6.08. The van der Waals surface area contributed by atoms with Gasteiger partial charge in [0.25, 0.3) is 0 Å². The molecule has 1 aromatic carbocycles. The Hall–Kier alpha value is -1.12. The molecule has 2 heteroatoms. The fourth-order valence-corrected chi connectivity index (χ4v) is 2.63. The van der Waals surface area contributed by atoms with E-state index in [4.69, 9.17) is 0 Å². The SMILES string of the molecule is Cc1cccc([C@H](C)NCCc2cccs2)c1. The minimum absolute atomic E-state index is 0.426. The van der Waals surface area contributed by atoms with Crippen molar-refractivity contribution in [2.75, 3.05) is 6.54 Å². The first-order chi connectivity index (χ1) is 8.25. The van der Waals surface area contributed by atoms with Crippen LogP contribution in [0.15, 0.2) is 41.8 Å². The fraction of sp³-hybridized carbons (Fsp3) is 0.333. The Labute approximate surface area is 108 Å². The number of rotatable bonds is 5. The summed E-state index contributed by atoms with van der Waals surface area (Å²) in [6.45, 7) is 5.40. The lowest BCUT2D eigenvalue weighted by Gasteiger charge is -2.14. The van der Waals surface area contributed by atoms with Gasteiger partial charge < -0.3 is 5.32 Å². The second kappa shape index (κ2) is 5.99. The van der Waals surface area contributed by atoms with Crippen molar-refractivity contribution in [1.82, 2.24) is 5.32 Å². The Morgan fingerprint density at radius 2 is 2.12 bits per heavy atom. The van der Waals surface area contributed by atoms with Crippen LogP contribution < -0.4 is 5.32 Å². The van der Waals surface area contributed by atoms with Gasteiger partial charge in [-0.05, 0) is 37.3 Å². The van der Waals surface area contributed by atoms with Crippen LogP contribution >= 0.6 is 11.3 Å². The van der Waals surface area contributed by atoms with Gasteiger partial charge in [0, 0.05) is 17.5 Å². The summed E-state index contributed by atoms with van der Waals surface area (Å²) in [6, 6.07) is 13.4. The van der Waals surface area contributed by atoms with Crippen LogP contribution in [0.3, 0.4) is 0 Å². The molecule has 0 bridgehead atoms. The molecule has 0 saturated heterocycles. The fourth-order valence-electron chi connectivity index (χ4n) is 1.92. The Morgan fingerprint density at radius 1 is 1.24 bits per heavy atom. The summed E-state index contributed by atoms with van der Waals surface area (Å²) in [4.78, 5) is 1.45. The van der Waals surface area contributed by atoms with Gasteiger partial charge in [-0.1, -0.05) is 35.9 Å². The predicted molar refractivity (Wildman–Crippen MR) is 75.6 cm³/mol. The molecule has 0 spiro atoms. The van der Waals surface area contributed by atoms with Gasteiger partial charge in [-0.15, -0.1) is 11.3 Å². The Bertz CT molecular complexity index is 448. The molecule has 2 rings (SSSR count). The van der Waals surface area contributed by atoms with Gasteiger partial charge in [0.2, 0.25) is 0 Å². The number of benzene rings is 1. The zero-order valence-corrected chi connectivity index (χ0v) is 11.3. The van der Waals surface area contributed by atoms with Crippen molar-refractivity contribution in [3.05, 3.63) is 57.8 Å². The van der Waals surface area contributed by atoms with E-state index in [1.165, 1.54) is 16.0 Å². The molecule has 0 radical (unpaired) electrons. The molecule has 0 amide bonds. The molecule has 2 aromatic rings. The van der Waals surface area contributed by atoms with E-state index in [1.807, 2.05) is 11.3 Å². The van der Waals surface area contributed by atoms with Crippen LogP contribution in [0.1, 0.15) is 29.0 Å². The second-order valence-corrected chi connectivity index (χ2v) is 5.45. The summed E-state index contributed by atoms with van der Waals surface area (Å²) in [5, 5.41) is 5.71. The van der Waals surface area contributed by atoms with Gasteiger partial charge in [0.05, 0.1) is 0 Å². The highest BCUT2D eigenvalue weighted by molar-refractivity contribution is 7.09. The van der Waals surface area contributed by atoms with Crippen molar-refractivity contribution >= 4 is 11.3 Å². The van der Waals surface area contributed by atoms with Crippen LogP contribution in [0.5, 0.6) is 0 Å². The monoisotopic (exact) mass is 245 g/mol. The van der Waals surface area contributed by atoms with Crippen molar-refractivity contribution in [1.29, 1.82) is 0 Å². The van der Waals surface area contributed by atoms with Gasteiger partial charge in [-0.25, -0.2) is 0 Å². The lowest BCUT2D eigenvalue weighted by molar-refractivity contribution is 0.578. The highest BCUT2D eigenvalue weighted by atomic mass is 32.1. The van der Waals surface area contributed by atoms with Crippen LogP contribution in [0, 0.1) is 6.92 Å². The van der Waals surface area contributed by atoms with E-state index >= 15 is 0 Å². The molecule has 17 heavy (non-hydrogen) atoms. The molecule has 1 aromatic heterocycles. The molecule has 0 fully saturated rings. The van der Waals surface area contributed by atoms with E-state index in [0.29, 0.717) is 6.04 Å². The highest BCUT2D eigenvalue weighted by Gasteiger charge is 2.04. The maximum absolute atomic E-state index is 3.57. The third-order valence-electron chi connectivity index (χ3n) is 2.94. The van der Waals surface area contributed by atoms with E-state index in [1.54, 1.807) is 0 Å². The first kappa shape index (κ1) is 12.3. The van der Waals surface area contributed by atoms with Gasteiger partial charge in [0.1, 0.15) is 0 Å². The van der Waals surface area contributed by atoms with Crippen LogP contribution in [0.25, 0.3) is 0 Å². The molecule has 1 atom stereocenters. The van der Waals surface area contributed by atoms with Crippen molar-refractivity contribution in [3.63, 3.8) is 0 Å². The van der Waals surface area contributed by atoms with Gasteiger partial charge in [0.15, 0.2) is 0 Å². The van der Waals surface area contributed by atoms with E-state index < -0.39 is 0 Å². The minimum Gasteiger partial charge on any atom is -0.310 e. The highest BCUT2D eigenvalue weighted by Crippen LogP contribution is 2.14. The lowest BCUT2D eigenvalue weighted by atomic mass is 10.1. The summed E-state index contributed by atoms with van der Waals surface area (Å²) in [5.74, 6) is 0.